The maximum Gasteiger partial charge on any atom is 0.158 e. The zero-order valence-electron chi connectivity index (χ0n) is 8.61. The van der Waals surface area contributed by atoms with Crippen molar-refractivity contribution in [3.05, 3.63) is 12.3 Å². The summed E-state index contributed by atoms with van der Waals surface area (Å²) in [6, 6.07) is 0. The van der Waals surface area contributed by atoms with Crippen molar-refractivity contribution in [1.82, 2.24) is 0 Å². The molecule has 3 heteroatoms. The first-order valence-electron chi connectivity index (χ1n) is 5.35. The lowest BCUT2D eigenvalue weighted by molar-refractivity contribution is -0.171. The predicted molar refractivity (Wildman–Crippen MR) is 55.3 cm³/mol. The largest absolute Gasteiger partial charge is 0.353 e. The topological polar surface area (TPSA) is 30.8 Å². The quantitative estimate of drug-likeness (QED) is 0.691. The van der Waals surface area contributed by atoms with Gasteiger partial charge in [-0.3, -0.25) is 4.99 Å². The average Bonchev–Trinajstić information content (AvgIpc) is 2.72. The molecule has 0 aliphatic carbocycles. The van der Waals surface area contributed by atoms with E-state index in [1.54, 1.807) is 0 Å². The van der Waals surface area contributed by atoms with Crippen molar-refractivity contribution in [2.24, 2.45) is 4.99 Å². The zero-order valence-corrected chi connectivity index (χ0v) is 8.61. The number of aliphatic imine (C=N–C) groups is 1. The number of nitrogens with zero attached hydrogens (tertiary/aromatic N) is 1. The van der Waals surface area contributed by atoms with Crippen LogP contribution in [0.15, 0.2) is 17.3 Å². The normalized spacial score (nSPS) is 28.9. The van der Waals surface area contributed by atoms with Crippen LogP contribution in [0.3, 0.4) is 0 Å². The molecule has 2 atom stereocenters. The summed E-state index contributed by atoms with van der Waals surface area (Å²) in [4.78, 5) is 4.26. The van der Waals surface area contributed by atoms with Gasteiger partial charge >= 0.3 is 0 Å². The van der Waals surface area contributed by atoms with E-state index in [2.05, 4.69) is 11.1 Å². The van der Waals surface area contributed by atoms with Crippen molar-refractivity contribution in [2.75, 3.05) is 6.61 Å². The van der Waals surface area contributed by atoms with E-state index < -0.39 is 0 Å². The van der Waals surface area contributed by atoms with Crippen molar-refractivity contribution in [2.45, 2.75) is 45.0 Å². The van der Waals surface area contributed by atoms with E-state index in [-0.39, 0.29) is 12.4 Å². The zero-order chi connectivity index (χ0) is 9.80. The van der Waals surface area contributed by atoms with Crippen LogP contribution in [-0.4, -0.2) is 24.7 Å². The molecule has 0 aromatic rings. The molecule has 2 aliphatic heterocycles. The predicted octanol–water partition coefficient (Wildman–Crippen LogP) is 2.28. The van der Waals surface area contributed by atoms with Gasteiger partial charge in [0, 0.05) is 19.2 Å². The Morgan fingerprint density at radius 1 is 1.57 bits per heavy atom. The lowest BCUT2D eigenvalue weighted by Crippen LogP contribution is -2.30. The molecule has 0 spiro atoms. The number of allylic oxidation sites excluding steroid dienone is 1. The number of hydrogen-bond acceptors (Lipinski definition) is 3. The summed E-state index contributed by atoms with van der Waals surface area (Å²) in [6.07, 6.45) is 8.29. The van der Waals surface area contributed by atoms with E-state index in [0.29, 0.717) is 0 Å². The van der Waals surface area contributed by atoms with Crippen molar-refractivity contribution in [3.8, 4) is 0 Å². The molecule has 3 nitrogen and oxygen atoms in total. The lowest BCUT2D eigenvalue weighted by Gasteiger charge is -2.26. The highest BCUT2D eigenvalue weighted by Gasteiger charge is 2.20. The monoisotopic (exact) mass is 195 g/mol. The van der Waals surface area contributed by atoms with Crippen molar-refractivity contribution in [3.63, 3.8) is 0 Å². The minimum atomic E-state index is -0.0120. The summed E-state index contributed by atoms with van der Waals surface area (Å²) in [5, 5.41) is 0. The second-order valence-corrected chi connectivity index (χ2v) is 3.78. The van der Waals surface area contributed by atoms with Gasteiger partial charge in [0.2, 0.25) is 0 Å². The van der Waals surface area contributed by atoms with Crippen LogP contribution in [0.1, 0.15) is 32.6 Å². The second-order valence-electron chi connectivity index (χ2n) is 3.78. The molecular formula is C11H17NO2. The second kappa shape index (κ2) is 4.71. The van der Waals surface area contributed by atoms with E-state index in [4.69, 9.17) is 9.47 Å². The fourth-order valence-electron chi connectivity index (χ4n) is 1.77. The van der Waals surface area contributed by atoms with Crippen molar-refractivity contribution >= 4 is 5.71 Å². The molecule has 1 fully saturated rings. The third kappa shape index (κ3) is 2.42. The first kappa shape index (κ1) is 9.87. The molecule has 0 amide bonds. The first-order valence-corrected chi connectivity index (χ1v) is 5.35. The van der Waals surface area contributed by atoms with Gasteiger partial charge in [-0.2, -0.15) is 0 Å². The van der Waals surface area contributed by atoms with Crippen LogP contribution in [0.2, 0.25) is 0 Å². The van der Waals surface area contributed by atoms with E-state index >= 15 is 0 Å². The average molecular weight is 195 g/mol. The highest BCUT2D eigenvalue weighted by atomic mass is 16.7. The molecule has 0 aromatic carbocycles. The van der Waals surface area contributed by atoms with Crippen LogP contribution in [0, 0.1) is 0 Å². The molecule has 0 saturated carbocycles. The van der Waals surface area contributed by atoms with Crippen molar-refractivity contribution in [1.29, 1.82) is 0 Å². The molecule has 2 heterocycles. The number of rotatable bonds is 3. The van der Waals surface area contributed by atoms with Gasteiger partial charge in [-0.05, 0) is 26.2 Å². The summed E-state index contributed by atoms with van der Waals surface area (Å²) < 4.78 is 11.3. The molecule has 2 aliphatic rings. The Labute approximate surface area is 84.8 Å². The first-order chi connectivity index (χ1) is 6.86. The standard InChI is InChI=1S/C11H17NO2/c1-9(10-5-4-7-12-10)14-11-6-2-3-8-13-11/h4,7,9,11H,2-3,5-6,8H2,1H3/t9-,11?/m0/s1. The molecule has 14 heavy (non-hydrogen) atoms. The summed E-state index contributed by atoms with van der Waals surface area (Å²) in [7, 11) is 0. The summed E-state index contributed by atoms with van der Waals surface area (Å²) >= 11 is 0. The number of ether oxygens (including phenoxy) is 2. The smallest absolute Gasteiger partial charge is 0.158 e. The van der Waals surface area contributed by atoms with Crippen LogP contribution in [0.4, 0.5) is 0 Å². The van der Waals surface area contributed by atoms with Gasteiger partial charge in [0.05, 0.1) is 11.8 Å². The van der Waals surface area contributed by atoms with E-state index in [1.807, 2.05) is 13.1 Å². The van der Waals surface area contributed by atoms with Gasteiger partial charge in [0.15, 0.2) is 6.29 Å². The van der Waals surface area contributed by atoms with E-state index in [9.17, 15) is 0 Å². The number of hydrogen-bond donors (Lipinski definition) is 0. The van der Waals surface area contributed by atoms with Crippen LogP contribution in [-0.2, 0) is 9.47 Å². The molecule has 0 aromatic heterocycles. The molecule has 78 valence electrons. The summed E-state index contributed by atoms with van der Waals surface area (Å²) in [5.74, 6) is 0. The van der Waals surface area contributed by atoms with Gasteiger partial charge in [-0.1, -0.05) is 6.08 Å². The Kier molecular flexibility index (Phi) is 3.32. The van der Waals surface area contributed by atoms with E-state index in [0.717, 1.165) is 31.6 Å². The molecular weight excluding hydrogens is 178 g/mol. The SMILES string of the molecule is C[C@H](OC1CCCCO1)C1=NC=CC1. The highest BCUT2D eigenvalue weighted by molar-refractivity contribution is 5.91. The van der Waals surface area contributed by atoms with Crippen LogP contribution < -0.4 is 0 Å². The molecule has 2 rings (SSSR count). The lowest BCUT2D eigenvalue weighted by atomic mass is 10.2. The van der Waals surface area contributed by atoms with Gasteiger partial charge < -0.3 is 9.47 Å². The van der Waals surface area contributed by atoms with Gasteiger partial charge in [0.1, 0.15) is 0 Å². The van der Waals surface area contributed by atoms with Gasteiger partial charge in [-0.15, -0.1) is 0 Å². The highest BCUT2D eigenvalue weighted by Crippen LogP contribution is 2.17. The Morgan fingerprint density at radius 3 is 3.14 bits per heavy atom. The fraction of sp³-hybridized carbons (Fsp3) is 0.727. The Balaban J connectivity index is 1.78. The third-order valence-corrected chi connectivity index (χ3v) is 2.64. The molecule has 0 radical (unpaired) electrons. The van der Waals surface area contributed by atoms with Crippen LogP contribution >= 0.6 is 0 Å². The van der Waals surface area contributed by atoms with Crippen molar-refractivity contribution < 1.29 is 9.47 Å². The Hall–Kier alpha value is -0.670. The Bertz CT molecular complexity index is 242. The minimum Gasteiger partial charge on any atom is -0.353 e. The fourth-order valence-corrected chi connectivity index (χ4v) is 1.77. The van der Waals surface area contributed by atoms with Crippen LogP contribution in [0.25, 0.3) is 0 Å². The van der Waals surface area contributed by atoms with Gasteiger partial charge in [0.25, 0.3) is 0 Å². The molecule has 0 bridgehead atoms. The molecule has 1 unspecified atom stereocenters. The molecule has 0 N–H and O–H groups in total. The van der Waals surface area contributed by atoms with E-state index in [1.165, 1.54) is 6.42 Å². The maximum absolute atomic E-state index is 5.78. The van der Waals surface area contributed by atoms with Gasteiger partial charge in [-0.25, -0.2) is 0 Å². The summed E-state index contributed by atoms with van der Waals surface area (Å²) in [6.45, 7) is 2.88. The summed E-state index contributed by atoms with van der Waals surface area (Å²) in [5.41, 5.74) is 1.11. The minimum absolute atomic E-state index is 0.0120. The third-order valence-electron chi connectivity index (χ3n) is 2.64. The Morgan fingerprint density at radius 2 is 2.50 bits per heavy atom. The molecule has 1 saturated heterocycles. The maximum atomic E-state index is 5.78. The van der Waals surface area contributed by atoms with Crippen LogP contribution in [0.5, 0.6) is 0 Å².